The van der Waals surface area contributed by atoms with Gasteiger partial charge in [-0.3, -0.25) is 9.59 Å². The van der Waals surface area contributed by atoms with Gasteiger partial charge in [0.2, 0.25) is 0 Å². The molecule has 8 heteroatoms. The molecule has 0 aliphatic rings. The molecule has 0 fully saturated rings. The molecule has 0 atom stereocenters. The summed E-state index contributed by atoms with van der Waals surface area (Å²) < 4.78 is 9.89. The highest BCUT2D eigenvalue weighted by molar-refractivity contribution is 6.09. The molecule has 0 saturated carbocycles. The topological polar surface area (TPSA) is 118 Å². The van der Waals surface area contributed by atoms with Crippen molar-refractivity contribution in [3.63, 3.8) is 0 Å². The number of para-hydroxylation sites is 1. The second kappa shape index (κ2) is 12.1. The van der Waals surface area contributed by atoms with E-state index in [0.29, 0.717) is 6.61 Å². The lowest BCUT2D eigenvalue weighted by atomic mass is 10.1. The normalized spacial score (nSPS) is 10.5. The largest absolute Gasteiger partial charge is 0.465 e. The molecular formula is C19H23N3O5. The fourth-order valence-electron chi connectivity index (χ4n) is 1.94. The number of carbonyl (C=O) groups excluding carboxylic acids is 3. The number of esters is 2. The number of nitriles is 1. The summed E-state index contributed by atoms with van der Waals surface area (Å²) in [6, 6.07) is 8.09. The summed E-state index contributed by atoms with van der Waals surface area (Å²) in [6.45, 7) is 4.01. The lowest BCUT2D eigenvalue weighted by Crippen LogP contribution is -2.23. The van der Waals surface area contributed by atoms with Crippen molar-refractivity contribution in [1.82, 2.24) is 5.32 Å². The smallest absolute Gasteiger partial charge is 0.340 e. The number of hydrogen-bond acceptors (Lipinski definition) is 7. The highest BCUT2D eigenvalue weighted by atomic mass is 16.5. The maximum absolute atomic E-state index is 12.3. The quantitative estimate of drug-likeness (QED) is 0.279. The summed E-state index contributed by atoms with van der Waals surface area (Å²) in [5.41, 5.74) is 0.169. The van der Waals surface area contributed by atoms with Gasteiger partial charge in [0.05, 0.1) is 24.5 Å². The first-order valence-corrected chi connectivity index (χ1v) is 8.60. The minimum Gasteiger partial charge on any atom is -0.465 e. The van der Waals surface area contributed by atoms with Gasteiger partial charge >= 0.3 is 11.9 Å². The fraction of sp³-hybridized carbons (Fsp3) is 0.368. The Morgan fingerprint density at radius 1 is 1.19 bits per heavy atom. The van der Waals surface area contributed by atoms with Crippen LogP contribution in [0.5, 0.6) is 0 Å². The highest BCUT2D eigenvalue weighted by Gasteiger charge is 2.16. The van der Waals surface area contributed by atoms with Crippen molar-refractivity contribution in [2.24, 2.45) is 0 Å². The number of benzene rings is 1. The number of rotatable bonds is 10. The van der Waals surface area contributed by atoms with Gasteiger partial charge in [-0.2, -0.15) is 5.26 Å². The zero-order valence-corrected chi connectivity index (χ0v) is 15.4. The minimum absolute atomic E-state index is 0.174. The van der Waals surface area contributed by atoms with E-state index >= 15 is 0 Å². The van der Waals surface area contributed by atoms with Gasteiger partial charge in [-0.1, -0.05) is 25.5 Å². The van der Waals surface area contributed by atoms with Crippen molar-refractivity contribution < 1.29 is 23.9 Å². The monoisotopic (exact) mass is 373 g/mol. The van der Waals surface area contributed by atoms with E-state index in [1.54, 1.807) is 25.1 Å². The van der Waals surface area contributed by atoms with Gasteiger partial charge in [0, 0.05) is 6.20 Å². The van der Waals surface area contributed by atoms with E-state index in [0.717, 1.165) is 19.0 Å². The van der Waals surface area contributed by atoms with Crippen molar-refractivity contribution in [3.05, 3.63) is 41.6 Å². The van der Waals surface area contributed by atoms with Crippen molar-refractivity contribution in [2.45, 2.75) is 26.7 Å². The molecule has 144 valence electrons. The Hall–Kier alpha value is -3.34. The second-order valence-electron chi connectivity index (χ2n) is 5.34. The summed E-state index contributed by atoms with van der Waals surface area (Å²) >= 11 is 0. The molecule has 0 saturated heterocycles. The standard InChI is InChI=1S/C19H23N3O5/c1-3-5-10-27-19(25)15-8-6-7-9-16(15)22-18(24)14(11-20)12-21-13-17(23)26-4-2/h6-9,12,21H,3-5,10,13H2,1-2H3,(H,22,24)/b14-12-. The second-order valence-corrected chi connectivity index (χ2v) is 5.34. The molecule has 1 amide bonds. The Labute approximate surface area is 158 Å². The van der Waals surface area contributed by atoms with Crippen molar-refractivity contribution in [2.75, 3.05) is 25.1 Å². The van der Waals surface area contributed by atoms with Crippen LogP contribution in [0, 0.1) is 11.3 Å². The van der Waals surface area contributed by atoms with E-state index < -0.39 is 17.8 Å². The number of carbonyl (C=O) groups is 3. The van der Waals surface area contributed by atoms with E-state index in [1.165, 1.54) is 12.1 Å². The van der Waals surface area contributed by atoms with E-state index in [-0.39, 0.29) is 30.0 Å². The number of unbranched alkanes of at least 4 members (excludes halogenated alkanes) is 1. The number of amides is 1. The van der Waals surface area contributed by atoms with E-state index in [9.17, 15) is 14.4 Å². The number of ether oxygens (including phenoxy) is 2. The highest BCUT2D eigenvalue weighted by Crippen LogP contribution is 2.17. The van der Waals surface area contributed by atoms with Gasteiger partial charge in [-0.15, -0.1) is 0 Å². The van der Waals surface area contributed by atoms with Gasteiger partial charge in [0.1, 0.15) is 18.2 Å². The Morgan fingerprint density at radius 2 is 1.93 bits per heavy atom. The van der Waals surface area contributed by atoms with Crippen LogP contribution in [-0.4, -0.2) is 37.6 Å². The summed E-state index contributed by atoms with van der Waals surface area (Å²) in [4.78, 5) is 35.7. The SMILES string of the molecule is CCCCOC(=O)c1ccccc1NC(=O)/C(C#N)=C\NCC(=O)OCC. The van der Waals surface area contributed by atoms with Crippen LogP contribution in [0.4, 0.5) is 5.69 Å². The van der Waals surface area contributed by atoms with Gasteiger partial charge in [0.15, 0.2) is 0 Å². The van der Waals surface area contributed by atoms with Crippen molar-refractivity contribution in [1.29, 1.82) is 5.26 Å². The molecule has 1 aromatic carbocycles. The zero-order valence-electron chi connectivity index (χ0n) is 15.4. The Morgan fingerprint density at radius 3 is 2.59 bits per heavy atom. The predicted octanol–water partition coefficient (Wildman–Crippen LogP) is 2.14. The first-order chi connectivity index (χ1) is 13.0. The molecule has 2 N–H and O–H groups in total. The van der Waals surface area contributed by atoms with Crippen LogP contribution in [0.25, 0.3) is 0 Å². The average Bonchev–Trinajstić information content (AvgIpc) is 2.66. The van der Waals surface area contributed by atoms with Crippen molar-refractivity contribution >= 4 is 23.5 Å². The van der Waals surface area contributed by atoms with E-state index in [1.807, 2.05) is 6.92 Å². The third-order valence-corrected chi connectivity index (χ3v) is 3.29. The first kappa shape index (κ1) is 21.7. The Bertz CT molecular complexity index is 737. The van der Waals surface area contributed by atoms with Crippen LogP contribution in [0.3, 0.4) is 0 Å². The molecule has 0 radical (unpaired) electrons. The fourth-order valence-corrected chi connectivity index (χ4v) is 1.94. The summed E-state index contributed by atoms with van der Waals surface area (Å²) in [7, 11) is 0. The van der Waals surface area contributed by atoms with Crippen LogP contribution < -0.4 is 10.6 Å². The predicted molar refractivity (Wildman–Crippen MR) is 98.6 cm³/mol. The first-order valence-electron chi connectivity index (χ1n) is 8.60. The lowest BCUT2D eigenvalue weighted by molar-refractivity contribution is -0.141. The molecule has 0 aliphatic heterocycles. The van der Waals surface area contributed by atoms with E-state index in [4.69, 9.17) is 14.7 Å². The van der Waals surface area contributed by atoms with E-state index in [2.05, 4.69) is 10.6 Å². The minimum atomic E-state index is -0.720. The van der Waals surface area contributed by atoms with Gasteiger partial charge in [-0.25, -0.2) is 4.79 Å². The zero-order chi connectivity index (χ0) is 20.1. The van der Waals surface area contributed by atoms with Crippen molar-refractivity contribution in [3.8, 4) is 6.07 Å². The maximum atomic E-state index is 12.3. The van der Waals surface area contributed by atoms with Crippen LogP contribution in [-0.2, 0) is 19.1 Å². The number of nitrogens with zero attached hydrogens (tertiary/aromatic N) is 1. The van der Waals surface area contributed by atoms with Crippen LogP contribution in [0.1, 0.15) is 37.0 Å². The molecule has 0 spiro atoms. The molecule has 0 bridgehead atoms. The number of nitrogens with one attached hydrogen (secondary N) is 2. The molecule has 27 heavy (non-hydrogen) atoms. The molecule has 0 aromatic heterocycles. The number of hydrogen-bond donors (Lipinski definition) is 2. The number of anilines is 1. The molecule has 1 aromatic rings. The average molecular weight is 373 g/mol. The van der Waals surface area contributed by atoms with Crippen LogP contribution in [0.2, 0.25) is 0 Å². The third kappa shape index (κ3) is 7.61. The molecule has 0 heterocycles. The maximum Gasteiger partial charge on any atom is 0.340 e. The lowest BCUT2D eigenvalue weighted by Gasteiger charge is -2.10. The summed E-state index contributed by atoms with van der Waals surface area (Å²) in [5.74, 6) is -1.78. The molecular weight excluding hydrogens is 350 g/mol. The Balaban J connectivity index is 2.78. The summed E-state index contributed by atoms with van der Waals surface area (Å²) in [5, 5.41) is 14.2. The van der Waals surface area contributed by atoms with Crippen LogP contribution >= 0.6 is 0 Å². The molecule has 8 nitrogen and oxygen atoms in total. The third-order valence-electron chi connectivity index (χ3n) is 3.29. The van der Waals surface area contributed by atoms with Gasteiger partial charge < -0.3 is 20.1 Å². The molecule has 0 aliphatic carbocycles. The van der Waals surface area contributed by atoms with Gasteiger partial charge in [-0.05, 0) is 25.5 Å². The van der Waals surface area contributed by atoms with Crippen LogP contribution in [0.15, 0.2) is 36.0 Å². The molecule has 0 unspecified atom stereocenters. The summed E-state index contributed by atoms with van der Waals surface area (Å²) in [6.07, 6.45) is 2.75. The Kier molecular flexibility index (Phi) is 9.71. The molecule has 1 rings (SSSR count). The van der Waals surface area contributed by atoms with Gasteiger partial charge in [0.25, 0.3) is 5.91 Å².